The Morgan fingerprint density at radius 3 is 3.12 bits per heavy atom. The quantitative estimate of drug-likeness (QED) is 0.597. The predicted molar refractivity (Wildman–Crippen MR) is 103 cm³/mol. The minimum Gasteiger partial charge on any atom is -0.438 e. The van der Waals surface area contributed by atoms with Crippen molar-refractivity contribution in [3.05, 3.63) is 62.4 Å². The number of nitrogens with zero attached hydrogens (tertiary/aromatic N) is 2. The van der Waals surface area contributed by atoms with Gasteiger partial charge in [0, 0.05) is 11.4 Å². The molecule has 0 aliphatic carbocycles. The fourth-order valence-corrected chi connectivity index (χ4v) is 4.64. The van der Waals surface area contributed by atoms with E-state index in [-0.39, 0.29) is 17.0 Å². The van der Waals surface area contributed by atoms with E-state index >= 15 is 0 Å². The minimum absolute atomic E-state index is 0.0132. The van der Waals surface area contributed by atoms with E-state index in [4.69, 9.17) is 10.5 Å². The van der Waals surface area contributed by atoms with Crippen LogP contribution in [0.4, 0.5) is 5.13 Å². The van der Waals surface area contributed by atoms with E-state index in [0.717, 1.165) is 4.88 Å². The number of aromatic nitrogens is 2. The van der Waals surface area contributed by atoms with Gasteiger partial charge in [0.05, 0.1) is 11.5 Å². The van der Waals surface area contributed by atoms with Crippen molar-refractivity contribution in [2.45, 2.75) is 5.92 Å². The summed E-state index contributed by atoms with van der Waals surface area (Å²) >= 11 is 2.81. The molecule has 4 heterocycles. The van der Waals surface area contributed by atoms with Gasteiger partial charge in [0.1, 0.15) is 16.3 Å². The molecule has 0 unspecified atom stereocenters. The number of hydrogen-bond acceptors (Lipinski definition) is 8. The zero-order valence-corrected chi connectivity index (χ0v) is 15.0. The molecule has 9 heteroatoms. The number of thiophene rings is 1. The number of fused-ring (bicyclic) bond motifs is 3. The van der Waals surface area contributed by atoms with Gasteiger partial charge >= 0.3 is 0 Å². The van der Waals surface area contributed by atoms with Gasteiger partial charge in [0.2, 0.25) is 5.88 Å². The first-order valence-corrected chi connectivity index (χ1v) is 9.36. The highest BCUT2D eigenvalue weighted by Gasteiger charge is 2.35. The largest absolute Gasteiger partial charge is 0.438 e. The number of rotatable bonds is 4. The zero-order valence-electron chi connectivity index (χ0n) is 13.4. The van der Waals surface area contributed by atoms with Crippen LogP contribution in [0.5, 0.6) is 5.75 Å². The maximum absolute atomic E-state index is 12.8. The van der Waals surface area contributed by atoms with E-state index < -0.39 is 5.92 Å². The molecule has 0 radical (unpaired) electrons. The fraction of sp³-hybridized carbons (Fsp3) is 0.118. The number of anilines is 1. The summed E-state index contributed by atoms with van der Waals surface area (Å²) in [6.45, 7) is 4.21. The topological polar surface area (TPSA) is 117 Å². The third-order valence-corrected chi connectivity index (χ3v) is 5.90. The number of aromatic amines is 1. The van der Waals surface area contributed by atoms with E-state index in [0.29, 0.717) is 33.3 Å². The smallest absolute Gasteiger partial charge is 0.257 e. The molecule has 0 amide bonds. The number of thiazole rings is 1. The zero-order chi connectivity index (χ0) is 18.3. The van der Waals surface area contributed by atoms with Crippen molar-refractivity contribution in [3.8, 4) is 11.8 Å². The first-order valence-electron chi connectivity index (χ1n) is 7.66. The Hall–Kier alpha value is -3.09. The second-order valence-electron chi connectivity index (χ2n) is 5.50. The molecule has 0 saturated carbocycles. The highest BCUT2D eigenvalue weighted by atomic mass is 32.1. The van der Waals surface area contributed by atoms with Crippen molar-refractivity contribution < 1.29 is 4.74 Å². The number of nitrogens with one attached hydrogen (secondary N) is 2. The Labute approximate surface area is 156 Å². The lowest BCUT2D eigenvalue weighted by atomic mass is 9.89. The van der Waals surface area contributed by atoms with Crippen LogP contribution in [-0.2, 0) is 0 Å². The van der Waals surface area contributed by atoms with Gasteiger partial charge in [-0.15, -0.1) is 17.9 Å². The molecule has 0 aromatic carbocycles. The maximum Gasteiger partial charge on any atom is 0.257 e. The molecule has 0 bridgehead atoms. The lowest BCUT2D eigenvalue weighted by Gasteiger charge is -2.24. The van der Waals surface area contributed by atoms with Crippen LogP contribution in [0, 0.1) is 11.3 Å². The normalized spacial score (nSPS) is 16.0. The number of ether oxygens (including phenoxy) is 1. The molecule has 130 valence electrons. The summed E-state index contributed by atoms with van der Waals surface area (Å²) in [5.41, 5.74) is 6.71. The summed E-state index contributed by atoms with van der Waals surface area (Å²) in [6.07, 6.45) is 1.72. The van der Waals surface area contributed by atoms with Crippen LogP contribution in [0.3, 0.4) is 0 Å². The molecule has 1 aliphatic rings. The van der Waals surface area contributed by atoms with E-state index in [1.54, 1.807) is 6.08 Å². The van der Waals surface area contributed by atoms with E-state index in [1.807, 2.05) is 17.5 Å². The molecule has 1 atom stereocenters. The number of allylic oxidation sites excluding steroid dienone is 1. The van der Waals surface area contributed by atoms with E-state index in [9.17, 15) is 10.1 Å². The third kappa shape index (κ3) is 2.47. The van der Waals surface area contributed by atoms with Gasteiger partial charge in [-0.05, 0) is 11.4 Å². The van der Waals surface area contributed by atoms with Crippen molar-refractivity contribution in [3.63, 3.8) is 0 Å². The first-order chi connectivity index (χ1) is 12.6. The lowest BCUT2D eigenvalue weighted by molar-refractivity contribution is 0.398. The van der Waals surface area contributed by atoms with Crippen LogP contribution < -0.4 is 21.3 Å². The molecule has 0 spiro atoms. The summed E-state index contributed by atoms with van der Waals surface area (Å²) in [4.78, 5) is 20.8. The van der Waals surface area contributed by atoms with Crippen LogP contribution in [0.25, 0.3) is 10.3 Å². The SMILES string of the molecule is C=CCNc1nc2[nH]c(=O)c3c(c2s1)OC(N)=C(C#N)[C@@H]3c1cccs1. The summed E-state index contributed by atoms with van der Waals surface area (Å²) in [5.74, 6) is -0.175. The van der Waals surface area contributed by atoms with Crippen LogP contribution in [0.15, 0.2) is 46.4 Å². The molecule has 4 N–H and O–H groups in total. The van der Waals surface area contributed by atoms with Gasteiger partial charge in [0.25, 0.3) is 5.56 Å². The predicted octanol–water partition coefficient (Wildman–Crippen LogP) is 2.86. The standard InChI is InChI=1S/C17H13N5O2S2/c1-2-5-20-17-22-15-13(26-17)12-11(16(23)21-15)10(9-4-3-6-25-9)8(7-18)14(19)24-12/h2-4,6,10H,1,5,19H2,(H2,20,21,22,23)/t10-/m1/s1. The Balaban J connectivity index is 1.98. The van der Waals surface area contributed by atoms with E-state index in [1.165, 1.54) is 22.7 Å². The molecule has 1 aliphatic heterocycles. The fourth-order valence-electron chi connectivity index (χ4n) is 2.87. The van der Waals surface area contributed by atoms with E-state index in [2.05, 4.69) is 27.9 Å². The van der Waals surface area contributed by atoms with Gasteiger partial charge < -0.3 is 20.8 Å². The second-order valence-corrected chi connectivity index (χ2v) is 7.48. The molecule has 0 saturated heterocycles. The molecule has 3 aromatic heterocycles. The average molecular weight is 383 g/mol. The number of hydrogen-bond donors (Lipinski definition) is 3. The maximum atomic E-state index is 12.8. The lowest BCUT2D eigenvalue weighted by Crippen LogP contribution is -2.27. The average Bonchev–Trinajstić information content (AvgIpc) is 3.28. The highest BCUT2D eigenvalue weighted by molar-refractivity contribution is 7.22. The molecular weight excluding hydrogens is 370 g/mol. The highest BCUT2D eigenvalue weighted by Crippen LogP contribution is 2.45. The van der Waals surface area contributed by atoms with Gasteiger partial charge in [-0.25, -0.2) is 4.98 Å². The van der Waals surface area contributed by atoms with Crippen molar-refractivity contribution in [1.82, 2.24) is 9.97 Å². The molecule has 7 nitrogen and oxygen atoms in total. The number of nitrogens with two attached hydrogens (primary N) is 1. The molecule has 3 aromatic rings. The Morgan fingerprint density at radius 2 is 2.42 bits per heavy atom. The van der Waals surface area contributed by atoms with Crippen molar-refractivity contribution in [2.24, 2.45) is 5.73 Å². The second kappa shape index (κ2) is 6.33. The van der Waals surface area contributed by atoms with Crippen LogP contribution in [0.2, 0.25) is 0 Å². The molecular formula is C17H13N5O2S2. The van der Waals surface area contributed by atoms with Crippen molar-refractivity contribution in [1.29, 1.82) is 5.26 Å². The number of H-pyrrole nitrogens is 1. The van der Waals surface area contributed by atoms with Gasteiger partial charge in [-0.2, -0.15) is 5.26 Å². The Bertz CT molecular complexity index is 1130. The Morgan fingerprint density at radius 1 is 1.58 bits per heavy atom. The van der Waals surface area contributed by atoms with Crippen LogP contribution >= 0.6 is 22.7 Å². The first kappa shape index (κ1) is 16.4. The third-order valence-electron chi connectivity index (χ3n) is 3.96. The molecule has 4 rings (SSSR count). The molecule has 0 fully saturated rings. The minimum atomic E-state index is -0.552. The van der Waals surface area contributed by atoms with Gasteiger partial charge in [-0.3, -0.25) is 4.79 Å². The van der Waals surface area contributed by atoms with Gasteiger partial charge in [-0.1, -0.05) is 23.5 Å². The number of pyridine rings is 1. The van der Waals surface area contributed by atoms with Crippen molar-refractivity contribution in [2.75, 3.05) is 11.9 Å². The summed E-state index contributed by atoms with van der Waals surface area (Å²) in [6, 6.07) is 5.84. The molecule has 26 heavy (non-hydrogen) atoms. The summed E-state index contributed by atoms with van der Waals surface area (Å²) in [7, 11) is 0. The van der Waals surface area contributed by atoms with Crippen LogP contribution in [0.1, 0.15) is 16.4 Å². The van der Waals surface area contributed by atoms with Crippen molar-refractivity contribution >= 4 is 38.2 Å². The summed E-state index contributed by atoms with van der Waals surface area (Å²) in [5, 5.41) is 15.2. The van der Waals surface area contributed by atoms with Crippen LogP contribution in [-0.4, -0.2) is 16.5 Å². The van der Waals surface area contributed by atoms with Gasteiger partial charge in [0.15, 0.2) is 16.5 Å². The Kier molecular flexibility index (Phi) is 3.99. The number of nitriles is 1. The summed E-state index contributed by atoms with van der Waals surface area (Å²) < 4.78 is 6.39. The monoisotopic (exact) mass is 383 g/mol.